The molecule has 0 aliphatic rings. The average Bonchev–Trinajstić information content (AvgIpc) is 2.45. The summed E-state index contributed by atoms with van der Waals surface area (Å²) in [5.41, 5.74) is 1.57. The standard InChI is InChI=1S/C15H25N3O2/c1-5-13-7-12(8-14(18-13)16-6-2)15(19)17-9-11(3)10-20-4/h7-8,11H,5-6,9-10H2,1-4H3,(H,16,18)(H,17,19). The summed E-state index contributed by atoms with van der Waals surface area (Å²) in [6.07, 6.45) is 0.805. The topological polar surface area (TPSA) is 63.2 Å². The van der Waals surface area contributed by atoms with E-state index >= 15 is 0 Å². The zero-order valence-corrected chi connectivity index (χ0v) is 12.8. The number of nitrogens with zero attached hydrogens (tertiary/aromatic N) is 1. The summed E-state index contributed by atoms with van der Waals surface area (Å²) in [6, 6.07) is 3.64. The molecule has 1 aromatic rings. The van der Waals surface area contributed by atoms with Gasteiger partial charge in [0.25, 0.3) is 5.91 Å². The number of carbonyl (C=O) groups is 1. The van der Waals surface area contributed by atoms with Crippen molar-refractivity contribution in [3.05, 3.63) is 23.4 Å². The van der Waals surface area contributed by atoms with Gasteiger partial charge in [0.05, 0.1) is 6.61 Å². The first-order valence-electron chi connectivity index (χ1n) is 7.12. The van der Waals surface area contributed by atoms with Crippen LogP contribution in [-0.4, -0.2) is 37.7 Å². The van der Waals surface area contributed by atoms with Crippen LogP contribution in [-0.2, 0) is 11.2 Å². The second-order valence-corrected chi connectivity index (χ2v) is 4.89. The summed E-state index contributed by atoms with van der Waals surface area (Å²) in [6.45, 7) is 8.10. The van der Waals surface area contributed by atoms with Crippen molar-refractivity contribution in [2.45, 2.75) is 27.2 Å². The number of pyridine rings is 1. The quantitative estimate of drug-likeness (QED) is 0.765. The van der Waals surface area contributed by atoms with Crippen LogP contribution in [0.1, 0.15) is 36.8 Å². The highest BCUT2D eigenvalue weighted by Crippen LogP contribution is 2.11. The Labute approximate surface area is 121 Å². The van der Waals surface area contributed by atoms with E-state index < -0.39 is 0 Å². The van der Waals surface area contributed by atoms with Gasteiger partial charge in [0.15, 0.2) is 0 Å². The number of hydrogen-bond donors (Lipinski definition) is 2. The lowest BCUT2D eigenvalue weighted by atomic mass is 10.1. The van der Waals surface area contributed by atoms with Crippen molar-refractivity contribution in [2.24, 2.45) is 5.92 Å². The predicted octanol–water partition coefficient (Wildman–Crippen LogP) is 2.09. The molecule has 0 aromatic carbocycles. The van der Waals surface area contributed by atoms with Gasteiger partial charge in [0, 0.05) is 31.5 Å². The van der Waals surface area contributed by atoms with E-state index in [4.69, 9.17) is 4.74 Å². The second-order valence-electron chi connectivity index (χ2n) is 4.89. The molecule has 0 fully saturated rings. The van der Waals surface area contributed by atoms with E-state index in [1.807, 2.05) is 26.8 Å². The van der Waals surface area contributed by atoms with Crippen molar-refractivity contribution < 1.29 is 9.53 Å². The Hall–Kier alpha value is -1.62. The minimum absolute atomic E-state index is 0.0655. The van der Waals surface area contributed by atoms with Crippen molar-refractivity contribution in [3.8, 4) is 0 Å². The highest BCUT2D eigenvalue weighted by atomic mass is 16.5. The molecule has 0 saturated heterocycles. The summed E-state index contributed by atoms with van der Waals surface area (Å²) in [7, 11) is 1.66. The third kappa shape index (κ3) is 5.17. The van der Waals surface area contributed by atoms with Crippen LogP contribution in [0, 0.1) is 5.92 Å². The SMILES string of the molecule is CCNc1cc(C(=O)NCC(C)COC)cc(CC)n1. The van der Waals surface area contributed by atoms with Gasteiger partial charge in [-0.15, -0.1) is 0 Å². The number of aryl methyl sites for hydroxylation is 1. The van der Waals surface area contributed by atoms with E-state index in [9.17, 15) is 4.79 Å². The number of methoxy groups -OCH3 is 1. The molecule has 0 aliphatic heterocycles. The number of nitrogens with one attached hydrogen (secondary N) is 2. The minimum Gasteiger partial charge on any atom is -0.384 e. The molecule has 0 bridgehead atoms. The van der Waals surface area contributed by atoms with Crippen LogP contribution in [0.2, 0.25) is 0 Å². The lowest BCUT2D eigenvalue weighted by Crippen LogP contribution is -2.30. The smallest absolute Gasteiger partial charge is 0.251 e. The molecule has 2 N–H and O–H groups in total. The second kappa shape index (κ2) is 8.53. The molecule has 1 aromatic heterocycles. The van der Waals surface area contributed by atoms with Gasteiger partial charge >= 0.3 is 0 Å². The average molecular weight is 279 g/mol. The fraction of sp³-hybridized carbons (Fsp3) is 0.600. The Bertz CT molecular complexity index is 435. The van der Waals surface area contributed by atoms with Gasteiger partial charge in [0.2, 0.25) is 0 Å². The largest absolute Gasteiger partial charge is 0.384 e. The molecule has 1 atom stereocenters. The number of carbonyl (C=O) groups excluding carboxylic acids is 1. The molecule has 20 heavy (non-hydrogen) atoms. The minimum atomic E-state index is -0.0655. The molecule has 112 valence electrons. The van der Waals surface area contributed by atoms with Gasteiger partial charge in [-0.1, -0.05) is 13.8 Å². The zero-order chi connectivity index (χ0) is 15.0. The number of aromatic nitrogens is 1. The monoisotopic (exact) mass is 279 g/mol. The number of rotatable bonds is 8. The van der Waals surface area contributed by atoms with Crippen LogP contribution in [0.5, 0.6) is 0 Å². The first kappa shape index (κ1) is 16.4. The number of amides is 1. The van der Waals surface area contributed by atoms with E-state index in [1.54, 1.807) is 13.2 Å². The summed E-state index contributed by atoms with van der Waals surface area (Å²) >= 11 is 0. The number of ether oxygens (including phenoxy) is 1. The highest BCUT2D eigenvalue weighted by molar-refractivity contribution is 5.95. The normalized spacial score (nSPS) is 12.0. The van der Waals surface area contributed by atoms with Crippen LogP contribution in [0.25, 0.3) is 0 Å². The Morgan fingerprint density at radius 3 is 2.75 bits per heavy atom. The lowest BCUT2D eigenvalue weighted by Gasteiger charge is -2.13. The van der Waals surface area contributed by atoms with E-state index in [-0.39, 0.29) is 5.91 Å². The molecule has 1 rings (SSSR count). The number of hydrogen-bond acceptors (Lipinski definition) is 4. The lowest BCUT2D eigenvalue weighted by molar-refractivity contribution is 0.0934. The first-order valence-corrected chi connectivity index (χ1v) is 7.12. The Balaban J connectivity index is 2.73. The third-order valence-electron chi connectivity index (χ3n) is 2.92. The third-order valence-corrected chi connectivity index (χ3v) is 2.92. The van der Waals surface area contributed by atoms with Crippen molar-refractivity contribution in [3.63, 3.8) is 0 Å². The van der Waals surface area contributed by atoms with Gasteiger partial charge in [-0.25, -0.2) is 4.98 Å². The van der Waals surface area contributed by atoms with E-state index in [2.05, 4.69) is 15.6 Å². The maximum Gasteiger partial charge on any atom is 0.251 e. The maximum absolute atomic E-state index is 12.2. The molecule has 5 heteroatoms. The summed E-state index contributed by atoms with van der Waals surface area (Å²) in [4.78, 5) is 16.6. The van der Waals surface area contributed by atoms with Gasteiger partial charge in [-0.2, -0.15) is 0 Å². The molecule has 1 amide bonds. The van der Waals surface area contributed by atoms with Gasteiger partial charge in [-0.3, -0.25) is 4.79 Å². The molecular formula is C15H25N3O2. The molecule has 5 nitrogen and oxygen atoms in total. The van der Waals surface area contributed by atoms with E-state index in [0.29, 0.717) is 24.6 Å². The Morgan fingerprint density at radius 2 is 2.15 bits per heavy atom. The van der Waals surface area contributed by atoms with Crippen molar-refractivity contribution >= 4 is 11.7 Å². The van der Waals surface area contributed by atoms with Gasteiger partial charge in [0.1, 0.15) is 5.82 Å². The van der Waals surface area contributed by atoms with Crippen molar-refractivity contribution in [2.75, 3.05) is 32.1 Å². The molecule has 0 saturated carbocycles. The van der Waals surface area contributed by atoms with E-state index in [0.717, 1.165) is 24.5 Å². The van der Waals surface area contributed by atoms with Crippen molar-refractivity contribution in [1.29, 1.82) is 0 Å². The van der Waals surface area contributed by atoms with Gasteiger partial charge < -0.3 is 15.4 Å². The van der Waals surface area contributed by atoms with E-state index in [1.165, 1.54) is 0 Å². The van der Waals surface area contributed by atoms with Crippen LogP contribution >= 0.6 is 0 Å². The number of anilines is 1. The summed E-state index contributed by atoms with van der Waals surface area (Å²) in [5, 5.41) is 6.08. The van der Waals surface area contributed by atoms with Crippen molar-refractivity contribution in [1.82, 2.24) is 10.3 Å². The Kier molecular flexibility index (Phi) is 7.01. The zero-order valence-electron chi connectivity index (χ0n) is 12.8. The molecule has 1 unspecified atom stereocenters. The highest BCUT2D eigenvalue weighted by Gasteiger charge is 2.10. The fourth-order valence-electron chi connectivity index (χ4n) is 1.88. The molecule has 0 aliphatic carbocycles. The summed E-state index contributed by atoms with van der Waals surface area (Å²) in [5.74, 6) is 0.982. The molecule has 1 heterocycles. The molecule has 0 spiro atoms. The molecule has 0 radical (unpaired) electrons. The maximum atomic E-state index is 12.2. The van der Waals surface area contributed by atoms with Gasteiger partial charge in [-0.05, 0) is 31.4 Å². The summed E-state index contributed by atoms with van der Waals surface area (Å²) < 4.78 is 5.06. The Morgan fingerprint density at radius 1 is 1.40 bits per heavy atom. The van der Waals surface area contributed by atoms with Crippen LogP contribution < -0.4 is 10.6 Å². The first-order chi connectivity index (χ1) is 9.60. The predicted molar refractivity (Wildman–Crippen MR) is 81.2 cm³/mol. The van der Waals surface area contributed by atoms with Crippen LogP contribution in [0.3, 0.4) is 0 Å². The molecular weight excluding hydrogens is 254 g/mol. The van der Waals surface area contributed by atoms with Crippen LogP contribution in [0.4, 0.5) is 5.82 Å². The van der Waals surface area contributed by atoms with Crippen LogP contribution in [0.15, 0.2) is 12.1 Å². The fourth-order valence-corrected chi connectivity index (χ4v) is 1.88.